The lowest BCUT2D eigenvalue weighted by molar-refractivity contribution is -0.384. The van der Waals surface area contributed by atoms with Crippen molar-refractivity contribution < 1.29 is 38.3 Å². The Morgan fingerprint density at radius 3 is 2.13 bits per heavy atom. The molecule has 3 aromatic carbocycles. The lowest BCUT2D eigenvalue weighted by atomic mass is 10.1. The van der Waals surface area contributed by atoms with Gasteiger partial charge in [-0.05, 0) is 36.4 Å². The summed E-state index contributed by atoms with van der Waals surface area (Å²) in [6.07, 6.45) is 1.26. The van der Waals surface area contributed by atoms with Crippen molar-refractivity contribution in [2.45, 2.75) is 0 Å². The van der Waals surface area contributed by atoms with E-state index in [2.05, 4.69) is 15.8 Å². The van der Waals surface area contributed by atoms with Gasteiger partial charge in [0.05, 0.1) is 44.6 Å². The van der Waals surface area contributed by atoms with Gasteiger partial charge >= 0.3 is 5.97 Å². The van der Waals surface area contributed by atoms with Crippen LogP contribution in [-0.2, 0) is 4.79 Å². The molecule has 0 spiro atoms. The van der Waals surface area contributed by atoms with Gasteiger partial charge in [0, 0.05) is 23.3 Å². The van der Waals surface area contributed by atoms with Gasteiger partial charge in [0.15, 0.2) is 11.5 Å². The maximum absolute atomic E-state index is 12.5. The first kappa shape index (κ1) is 28.1. The predicted molar refractivity (Wildman–Crippen MR) is 139 cm³/mol. The zero-order valence-corrected chi connectivity index (χ0v) is 21.1. The number of benzene rings is 3. The van der Waals surface area contributed by atoms with Crippen molar-refractivity contribution in [3.8, 4) is 23.0 Å². The van der Waals surface area contributed by atoms with E-state index in [0.29, 0.717) is 11.3 Å². The number of ether oxygens (including phenoxy) is 4. The number of rotatable bonds is 11. The average molecular weight is 536 g/mol. The Balaban J connectivity index is 1.58. The second-order valence-corrected chi connectivity index (χ2v) is 7.62. The lowest BCUT2D eigenvalue weighted by Crippen LogP contribution is -2.35. The van der Waals surface area contributed by atoms with Gasteiger partial charge in [0.25, 0.3) is 17.5 Å². The Hall–Kier alpha value is -5.46. The molecule has 0 aromatic heterocycles. The number of amides is 2. The quantitative estimate of drug-likeness (QED) is 0.123. The summed E-state index contributed by atoms with van der Waals surface area (Å²) in [7, 11) is 4.27. The summed E-state index contributed by atoms with van der Waals surface area (Å²) in [5.41, 5.74) is 2.78. The Morgan fingerprint density at radius 2 is 1.54 bits per heavy atom. The van der Waals surface area contributed by atoms with Crippen LogP contribution in [0.4, 0.5) is 5.69 Å². The number of methoxy groups -OCH3 is 3. The fourth-order valence-corrected chi connectivity index (χ4v) is 3.25. The monoisotopic (exact) mass is 536 g/mol. The molecule has 0 aliphatic carbocycles. The van der Waals surface area contributed by atoms with E-state index in [1.807, 2.05) is 0 Å². The molecule has 39 heavy (non-hydrogen) atoms. The molecule has 0 saturated heterocycles. The minimum absolute atomic E-state index is 0.114. The van der Waals surface area contributed by atoms with Gasteiger partial charge in [-0.1, -0.05) is 12.1 Å². The van der Waals surface area contributed by atoms with E-state index in [4.69, 9.17) is 18.9 Å². The minimum Gasteiger partial charge on any atom is -0.493 e. The molecule has 0 atom stereocenters. The number of hydrogen-bond acceptors (Lipinski definition) is 10. The van der Waals surface area contributed by atoms with Crippen LogP contribution in [0.25, 0.3) is 0 Å². The van der Waals surface area contributed by atoms with E-state index < -0.39 is 22.7 Å². The molecule has 0 saturated carbocycles. The van der Waals surface area contributed by atoms with Crippen molar-refractivity contribution in [1.82, 2.24) is 10.7 Å². The largest absolute Gasteiger partial charge is 0.493 e. The maximum Gasteiger partial charge on any atom is 0.343 e. The number of para-hydroxylation sites is 1. The SMILES string of the molecule is COc1cc(C(=O)NCC(=O)N/N=C\c2ccccc2OC(=O)c2ccc([N+](=O)[O-])cc2)cc(OC)c1OC. The number of nitro benzene ring substituents is 1. The summed E-state index contributed by atoms with van der Waals surface area (Å²) in [6, 6.07) is 14.3. The van der Waals surface area contributed by atoms with Gasteiger partial charge in [0.1, 0.15) is 5.75 Å². The van der Waals surface area contributed by atoms with Crippen LogP contribution in [0.15, 0.2) is 65.8 Å². The first-order chi connectivity index (χ1) is 18.8. The molecule has 0 aliphatic heterocycles. The molecular formula is C26H24N4O9. The van der Waals surface area contributed by atoms with Crippen molar-refractivity contribution in [1.29, 1.82) is 0 Å². The van der Waals surface area contributed by atoms with E-state index in [0.717, 1.165) is 0 Å². The van der Waals surface area contributed by atoms with E-state index in [9.17, 15) is 24.5 Å². The highest BCUT2D eigenvalue weighted by Gasteiger charge is 2.17. The second-order valence-electron chi connectivity index (χ2n) is 7.62. The van der Waals surface area contributed by atoms with Gasteiger partial charge in [0.2, 0.25) is 5.75 Å². The maximum atomic E-state index is 12.5. The van der Waals surface area contributed by atoms with Crippen LogP contribution < -0.4 is 29.7 Å². The first-order valence-corrected chi connectivity index (χ1v) is 11.2. The average Bonchev–Trinajstić information content (AvgIpc) is 2.95. The van der Waals surface area contributed by atoms with Crippen LogP contribution in [0, 0.1) is 10.1 Å². The van der Waals surface area contributed by atoms with Gasteiger partial charge in [-0.3, -0.25) is 19.7 Å². The third-order valence-electron chi connectivity index (χ3n) is 5.16. The van der Waals surface area contributed by atoms with E-state index >= 15 is 0 Å². The normalized spacial score (nSPS) is 10.4. The van der Waals surface area contributed by atoms with Crippen molar-refractivity contribution in [3.05, 3.63) is 87.5 Å². The number of non-ortho nitro benzene ring substituents is 1. The third kappa shape index (κ3) is 7.29. The highest BCUT2D eigenvalue weighted by Crippen LogP contribution is 2.38. The van der Waals surface area contributed by atoms with Gasteiger partial charge < -0.3 is 24.3 Å². The highest BCUT2D eigenvalue weighted by molar-refractivity contribution is 5.98. The summed E-state index contributed by atoms with van der Waals surface area (Å²) in [5, 5.41) is 17.1. The number of hydrazone groups is 1. The number of nitrogens with zero attached hydrogens (tertiary/aromatic N) is 2. The van der Waals surface area contributed by atoms with Crippen LogP contribution in [-0.4, -0.2) is 56.8 Å². The summed E-state index contributed by atoms with van der Waals surface area (Å²) >= 11 is 0. The molecule has 0 unspecified atom stereocenters. The van der Waals surface area contributed by atoms with Crippen molar-refractivity contribution >= 4 is 29.7 Å². The van der Waals surface area contributed by atoms with E-state index in [1.165, 1.54) is 70.0 Å². The molecule has 2 N–H and O–H groups in total. The molecular weight excluding hydrogens is 512 g/mol. The van der Waals surface area contributed by atoms with Gasteiger partial charge in [-0.2, -0.15) is 5.10 Å². The third-order valence-corrected chi connectivity index (χ3v) is 5.16. The standard InChI is InChI=1S/C26H24N4O9/c1-36-21-12-18(13-22(37-2)24(21)38-3)25(32)27-15-23(31)29-28-14-17-6-4-5-7-20(17)39-26(33)16-8-10-19(11-9-16)30(34)35/h4-14H,15H2,1-3H3,(H,27,32)(H,29,31)/b28-14-. The summed E-state index contributed by atoms with van der Waals surface area (Å²) in [4.78, 5) is 47.4. The lowest BCUT2D eigenvalue weighted by Gasteiger charge is -2.14. The first-order valence-electron chi connectivity index (χ1n) is 11.2. The van der Waals surface area contributed by atoms with Crippen molar-refractivity contribution in [3.63, 3.8) is 0 Å². The summed E-state index contributed by atoms with van der Waals surface area (Å²) < 4.78 is 21.0. The molecule has 202 valence electrons. The van der Waals surface area contributed by atoms with Crippen molar-refractivity contribution in [2.75, 3.05) is 27.9 Å². The number of nitrogens with one attached hydrogen (secondary N) is 2. The molecule has 0 aliphatic rings. The molecule has 2 amide bonds. The Labute approximate surface area is 222 Å². The van der Waals surface area contributed by atoms with Crippen LogP contribution in [0.3, 0.4) is 0 Å². The van der Waals surface area contributed by atoms with Gasteiger partial charge in [-0.15, -0.1) is 0 Å². The van der Waals surface area contributed by atoms with Crippen LogP contribution in [0.2, 0.25) is 0 Å². The Morgan fingerprint density at radius 1 is 0.897 bits per heavy atom. The number of hydrogen-bond donors (Lipinski definition) is 2. The molecule has 0 fully saturated rings. The molecule has 3 rings (SSSR count). The number of carbonyl (C=O) groups excluding carboxylic acids is 3. The van der Waals surface area contributed by atoms with Crippen molar-refractivity contribution in [2.24, 2.45) is 5.10 Å². The molecule has 3 aromatic rings. The molecule has 13 heteroatoms. The highest BCUT2D eigenvalue weighted by atomic mass is 16.6. The topological polar surface area (TPSA) is 168 Å². The molecule has 0 bridgehead atoms. The smallest absolute Gasteiger partial charge is 0.343 e. The van der Waals surface area contributed by atoms with E-state index in [1.54, 1.807) is 18.2 Å². The summed E-state index contributed by atoms with van der Waals surface area (Å²) in [6.45, 7) is -0.385. The van der Waals surface area contributed by atoms with Gasteiger partial charge in [-0.25, -0.2) is 10.2 Å². The zero-order valence-electron chi connectivity index (χ0n) is 21.1. The van der Waals surface area contributed by atoms with Crippen LogP contribution in [0.1, 0.15) is 26.3 Å². The molecule has 0 heterocycles. The van der Waals surface area contributed by atoms with Crippen LogP contribution >= 0.6 is 0 Å². The minimum atomic E-state index is -0.732. The number of carbonyl (C=O) groups is 3. The second kappa shape index (κ2) is 13.2. The fourth-order valence-electron chi connectivity index (χ4n) is 3.25. The fraction of sp³-hybridized carbons (Fsp3) is 0.154. The van der Waals surface area contributed by atoms with E-state index in [-0.39, 0.29) is 40.6 Å². The molecule has 0 radical (unpaired) electrons. The summed E-state index contributed by atoms with van der Waals surface area (Å²) in [5.74, 6) is -0.876. The molecule has 13 nitrogen and oxygen atoms in total. The van der Waals surface area contributed by atoms with Crippen LogP contribution in [0.5, 0.6) is 23.0 Å². The Kier molecular flexibility index (Phi) is 9.51. The predicted octanol–water partition coefficient (Wildman–Crippen LogP) is 2.72. The number of esters is 1. The zero-order chi connectivity index (χ0) is 28.4. The Bertz CT molecular complexity index is 1380. The number of nitro groups is 1.